The van der Waals surface area contributed by atoms with E-state index in [4.69, 9.17) is 0 Å². The van der Waals surface area contributed by atoms with Crippen molar-refractivity contribution in [1.82, 2.24) is 10.6 Å². The number of amides is 1. The fourth-order valence-electron chi connectivity index (χ4n) is 1.60. The van der Waals surface area contributed by atoms with E-state index in [9.17, 15) is 4.79 Å². The van der Waals surface area contributed by atoms with Gasteiger partial charge >= 0.3 is 0 Å². The molecule has 2 N–H and O–H groups in total. The summed E-state index contributed by atoms with van der Waals surface area (Å²) in [5.74, 6) is 0.140. The van der Waals surface area contributed by atoms with Crippen LogP contribution in [-0.4, -0.2) is 28.6 Å². The van der Waals surface area contributed by atoms with Crippen LogP contribution < -0.4 is 10.6 Å². The highest BCUT2D eigenvalue weighted by Gasteiger charge is 2.22. The molecular formula is C11H22N2OS. The predicted octanol–water partition coefficient (Wildman–Crippen LogP) is 1.73. The van der Waals surface area contributed by atoms with Crippen LogP contribution in [0.25, 0.3) is 0 Å². The summed E-state index contributed by atoms with van der Waals surface area (Å²) in [6.45, 7) is 9.28. The largest absolute Gasteiger partial charge is 0.351 e. The molecule has 0 aliphatic carbocycles. The molecule has 0 radical (unpaired) electrons. The summed E-state index contributed by atoms with van der Waals surface area (Å²) in [5, 5.41) is 7.31. The highest BCUT2D eigenvalue weighted by molar-refractivity contribution is 8.00. The monoisotopic (exact) mass is 230 g/mol. The Kier molecular flexibility index (Phi) is 4.46. The Morgan fingerprint density at radius 1 is 1.53 bits per heavy atom. The number of carbonyl (C=O) groups is 1. The molecule has 0 aromatic rings. The van der Waals surface area contributed by atoms with E-state index in [1.165, 1.54) is 6.42 Å². The third-order valence-corrected chi connectivity index (χ3v) is 3.57. The first kappa shape index (κ1) is 12.8. The molecule has 0 spiro atoms. The lowest BCUT2D eigenvalue weighted by Gasteiger charge is -2.28. The zero-order valence-electron chi connectivity index (χ0n) is 10.1. The topological polar surface area (TPSA) is 41.1 Å². The molecule has 1 fully saturated rings. The Labute approximate surface area is 96.8 Å². The molecule has 88 valence electrons. The molecule has 0 bridgehead atoms. The van der Waals surface area contributed by atoms with Crippen molar-refractivity contribution in [2.45, 2.75) is 56.7 Å². The molecule has 1 heterocycles. The molecule has 4 heteroatoms. The van der Waals surface area contributed by atoms with Gasteiger partial charge < -0.3 is 10.6 Å². The van der Waals surface area contributed by atoms with Crippen LogP contribution in [0.4, 0.5) is 0 Å². The van der Waals surface area contributed by atoms with E-state index in [1.54, 1.807) is 0 Å². The van der Waals surface area contributed by atoms with E-state index in [-0.39, 0.29) is 16.8 Å². The SMILES string of the molecule is CC1CCNC(CC(=O)NC(C)(C)C)S1. The van der Waals surface area contributed by atoms with E-state index in [2.05, 4.69) is 17.6 Å². The molecule has 0 aromatic heterocycles. The average Bonchev–Trinajstić information content (AvgIpc) is 1.99. The van der Waals surface area contributed by atoms with Crippen LogP contribution in [0, 0.1) is 0 Å². The summed E-state index contributed by atoms with van der Waals surface area (Å²) in [4.78, 5) is 11.7. The first-order valence-corrected chi connectivity index (χ1v) is 6.51. The van der Waals surface area contributed by atoms with Gasteiger partial charge in [0.15, 0.2) is 0 Å². The number of carbonyl (C=O) groups excluding carboxylic acids is 1. The third-order valence-electron chi connectivity index (χ3n) is 2.20. The van der Waals surface area contributed by atoms with Gasteiger partial charge in [0.1, 0.15) is 0 Å². The quantitative estimate of drug-likeness (QED) is 0.759. The van der Waals surface area contributed by atoms with E-state index in [0.29, 0.717) is 11.7 Å². The van der Waals surface area contributed by atoms with Gasteiger partial charge in [0.25, 0.3) is 0 Å². The Morgan fingerprint density at radius 2 is 2.20 bits per heavy atom. The van der Waals surface area contributed by atoms with Crippen LogP contribution in [0.5, 0.6) is 0 Å². The lowest BCUT2D eigenvalue weighted by molar-refractivity contribution is -0.122. The van der Waals surface area contributed by atoms with Crippen LogP contribution in [0.15, 0.2) is 0 Å². The van der Waals surface area contributed by atoms with Crippen molar-refractivity contribution >= 4 is 17.7 Å². The van der Waals surface area contributed by atoms with E-state index in [1.807, 2.05) is 32.5 Å². The minimum atomic E-state index is -0.123. The maximum atomic E-state index is 11.7. The van der Waals surface area contributed by atoms with Crippen molar-refractivity contribution in [2.75, 3.05) is 6.54 Å². The number of hydrogen-bond donors (Lipinski definition) is 2. The minimum Gasteiger partial charge on any atom is -0.351 e. The molecule has 1 saturated heterocycles. The molecule has 0 saturated carbocycles. The molecule has 1 rings (SSSR count). The maximum Gasteiger partial charge on any atom is 0.222 e. The summed E-state index contributed by atoms with van der Waals surface area (Å²) in [6.07, 6.45) is 1.77. The number of nitrogens with one attached hydrogen (secondary N) is 2. The van der Waals surface area contributed by atoms with Crippen LogP contribution in [0.1, 0.15) is 40.5 Å². The van der Waals surface area contributed by atoms with Gasteiger partial charge in [-0.2, -0.15) is 0 Å². The highest BCUT2D eigenvalue weighted by Crippen LogP contribution is 2.24. The van der Waals surface area contributed by atoms with Crippen LogP contribution in [0.3, 0.4) is 0 Å². The van der Waals surface area contributed by atoms with Crippen LogP contribution in [-0.2, 0) is 4.79 Å². The van der Waals surface area contributed by atoms with Gasteiger partial charge in [-0.1, -0.05) is 6.92 Å². The van der Waals surface area contributed by atoms with Crippen molar-refractivity contribution < 1.29 is 4.79 Å². The molecule has 1 amide bonds. The van der Waals surface area contributed by atoms with Crippen molar-refractivity contribution in [1.29, 1.82) is 0 Å². The van der Waals surface area contributed by atoms with Gasteiger partial charge in [0, 0.05) is 10.8 Å². The van der Waals surface area contributed by atoms with E-state index >= 15 is 0 Å². The zero-order valence-corrected chi connectivity index (χ0v) is 10.9. The van der Waals surface area contributed by atoms with Crippen LogP contribution >= 0.6 is 11.8 Å². The van der Waals surface area contributed by atoms with Crippen LogP contribution in [0.2, 0.25) is 0 Å². The third kappa shape index (κ3) is 5.42. The second-order valence-corrected chi connectivity index (χ2v) is 6.83. The Balaban J connectivity index is 2.31. The average molecular weight is 230 g/mol. The summed E-state index contributed by atoms with van der Waals surface area (Å²) >= 11 is 1.87. The second-order valence-electron chi connectivity index (χ2n) is 5.18. The normalized spacial score (nSPS) is 27.5. The van der Waals surface area contributed by atoms with E-state index < -0.39 is 0 Å². The molecule has 3 nitrogen and oxygen atoms in total. The first-order chi connectivity index (χ1) is 6.87. The molecule has 0 aromatic carbocycles. The zero-order chi connectivity index (χ0) is 11.5. The van der Waals surface area contributed by atoms with Crippen molar-refractivity contribution in [2.24, 2.45) is 0 Å². The van der Waals surface area contributed by atoms with Gasteiger partial charge in [-0.15, -0.1) is 11.8 Å². The summed E-state index contributed by atoms with van der Waals surface area (Å²) in [7, 11) is 0. The predicted molar refractivity (Wildman–Crippen MR) is 66.0 cm³/mol. The fourth-order valence-corrected chi connectivity index (χ4v) is 2.88. The van der Waals surface area contributed by atoms with Gasteiger partial charge in [-0.3, -0.25) is 4.79 Å². The molecule has 1 aliphatic heterocycles. The minimum absolute atomic E-state index is 0.123. The summed E-state index contributed by atoms with van der Waals surface area (Å²) in [6, 6.07) is 0. The van der Waals surface area contributed by atoms with E-state index in [0.717, 1.165) is 6.54 Å². The molecular weight excluding hydrogens is 208 g/mol. The van der Waals surface area contributed by atoms with Gasteiger partial charge in [-0.25, -0.2) is 0 Å². The Bertz CT molecular complexity index is 225. The number of hydrogen-bond acceptors (Lipinski definition) is 3. The summed E-state index contributed by atoms with van der Waals surface area (Å²) in [5.41, 5.74) is -0.123. The number of rotatable bonds is 2. The van der Waals surface area contributed by atoms with Gasteiger partial charge in [-0.05, 0) is 33.7 Å². The highest BCUT2D eigenvalue weighted by atomic mass is 32.2. The molecule has 15 heavy (non-hydrogen) atoms. The van der Waals surface area contributed by atoms with Crippen molar-refractivity contribution in [3.05, 3.63) is 0 Å². The number of thioether (sulfide) groups is 1. The Morgan fingerprint density at radius 3 is 2.73 bits per heavy atom. The second kappa shape index (κ2) is 5.21. The lowest BCUT2D eigenvalue weighted by atomic mass is 10.1. The molecule has 2 atom stereocenters. The maximum absolute atomic E-state index is 11.7. The standard InChI is InChI=1S/C11H22N2OS/c1-8-5-6-12-10(15-8)7-9(14)13-11(2,3)4/h8,10,12H,5-7H2,1-4H3,(H,13,14). The van der Waals surface area contributed by atoms with Crippen molar-refractivity contribution in [3.63, 3.8) is 0 Å². The van der Waals surface area contributed by atoms with Crippen molar-refractivity contribution in [3.8, 4) is 0 Å². The fraction of sp³-hybridized carbons (Fsp3) is 0.909. The Hall–Kier alpha value is -0.220. The molecule has 1 aliphatic rings. The lowest BCUT2D eigenvalue weighted by Crippen LogP contribution is -2.44. The smallest absolute Gasteiger partial charge is 0.222 e. The first-order valence-electron chi connectivity index (χ1n) is 5.57. The van der Waals surface area contributed by atoms with Gasteiger partial charge in [0.2, 0.25) is 5.91 Å². The van der Waals surface area contributed by atoms with Gasteiger partial charge in [0.05, 0.1) is 11.8 Å². The summed E-state index contributed by atoms with van der Waals surface area (Å²) < 4.78 is 0. The molecule has 2 unspecified atom stereocenters.